The van der Waals surface area contributed by atoms with E-state index in [1.165, 1.54) is 0 Å². The second kappa shape index (κ2) is 9.30. The molecule has 152 valence electrons. The molecule has 7 nitrogen and oxygen atoms in total. The summed E-state index contributed by atoms with van der Waals surface area (Å²) in [4.78, 5) is 21.6. The molecule has 0 spiro atoms. The Morgan fingerprint density at radius 3 is 2.64 bits per heavy atom. The number of carbonyl (C=O) groups is 1. The Morgan fingerprint density at radius 2 is 1.96 bits per heavy atom. The summed E-state index contributed by atoms with van der Waals surface area (Å²) < 4.78 is 10.5. The number of benzene rings is 1. The van der Waals surface area contributed by atoms with E-state index in [2.05, 4.69) is 28.9 Å². The van der Waals surface area contributed by atoms with E-state index >= 15 is 0 Å². The van der Waals surface area contributed by atoms with Crippen molar-refractivity contribution >= 4 is 5.91 Å². The van der Waals surface area contributed by atoms with Crippen LogP contribution in [-0.4, -0.2) is 71.3 Å². The quantitative estimate of drug-likeness (QED) is 0.681. The largest absolute Gasteiger partial charge is 0.385 e. The van der Waals surface area contributed by atoms with E-state index in [0.29, 0.717) is 23.8 Å². The Hall–Kier alpha value is -2.25. The number of nitrogens with zero attached hydrogens (tertiary/aromatic N) is 4. The third-order valence-electron chi connectivity index (χ3n) is 5.38. The molecule has 1 fully saturated rings. The van der Waals surface area contributed by atoms with Gasteiger partial charge >= 0.3 is 0 Å². The predicted molar refractivity (Wildman–Crippen MR) is 107 cm³/mol. The molecule has 1 aliphatic rings. The van der Waals surface area contributed by atoms with Gasteiger partial charge in [-0.25, -0.2) is 0 Å². The van der Waals surface area contributed by atoms with Crippen LogP contribution in [0, 0.1) is 6.92 Å². The normalized spacial score (nSPS) is 20.5. The number of aromatic nitrogens is 2. The summed E-state index contributed by atoms with van der Waals surface area (Å²) in [6, 6.07) is 8.51. The van der Waals surface area contributed by atoms with E-state index in [0.717, 1.165) is 43.8 Å². The number of aryl methyl sites for hydroxylation is 1. The van der Waals surface area contributed by atoms with Gasteiger partial charge in [0.2, 0.25) is 17.6 Å². The number of ether oxygens (including phenoxy) is 1. The van der Waals surface area contributed by atoms with Crippen LogP contribution in [0.2, 0.25) is 0 Å². The number of hydrogen-bond donors (Lipinski definition) is 0. The van der Waals surface area contributed by atoms with Gasteiger partial charge in [-0.15, -0.1) is 0 Å². The summed E-state index contributed by atoms with van der Waals surface area (Å²) in [5.74, 6) is 0.937. The van der Waals surface area contributed by atoms with Crippen LogP contribution in [0.3, 0.4) is 0 Å². The number of rotatable bonds is 7. The van der Waals surface area contributed by atoms with Crippen LogP contribution in [0.15, 0.2) is 28.8 Å². The molecule has 1 amide bonds. The minimum atomic E-state index is 0.0372. The molecule has 2 heterocycles. The van der Waals surface area contributed by atoms with Crippen molar-refractivity contribution in [3.05, 3.63) is 35.7 Å². The maximum Gasteiger partial charge on any atom is 0.236 e. The van der Waals surface area contributed by atoms with E-state index in [9.17, 15) is 4.79 Å². The monoisotopic (exact) mass is 386 g/mol. The van der Waals surface area contributed by atoms with Gasteiger partial charge in [-0.2, -0.15) is 4.98 Å². The molecule has 1 aromatic carbocycles. The zero-order valence-electron chi connectivity index (χ0n) is 17.2. The fourth-order valence-electron chi connectivity index (χ4n) is 3.89. The van der Waals surface area contributed by atoms with Crippen molar-refractivity contribution in [2.75, 3.05) is 33.4 Å². The lowest BCUT2D eigenvalue weighted by Gasteiger charge is -2.44. The first-order chi connectivity index (χ1) is 13.5. The molecule has 2 atom stereocenters. The molecule has 0 N–H and O–H groups in total. The molecule has 7 heteroatoms. The van der Waals surface area contributed by atoms with E-state index in [-0.39, 0.29) is 12.3 Å². The predicted octanol–water partition coefficient (Wildman–Crippen LogP) is 2.55. The van der Waals surface area contributed by atoms with Gasteiger partial charge in [0, 0.05) is 51.0 Å². The molecule has 1 aliphatic heterocycles. The van der Waals surface area contributed by atoms with Crippen molar-refractivity contribution < 1.29 is 14.1 Å². The van der Waals surface area contributed by atoms with Crippen LogP contribution in [0.5, 0.6) is 0 Å². The first-order valence-corrected chi connectivity index (χ1v) is 9.90. The zero-order valence-corrected chi connectivity index (χ0v) is 17.2. The second-order valence-corrected chi connectivity index (χ2v) is 7.58. The van der Waals surface area contributed by atoms with Gasteiger partial charge in [-0.3, -0.25) is 9.69 Å². The highest BCUT2D eigenvalue weighted by atomic mass is 16.5. The second-order valence-electron chi connectivity index (χ2n) is 7.58. The minimum absolute atomic E-state index is 0.0372. The van der Waals surface area contributed by atoms with Crippen LogP contribution in [0.25, 0.3) is 11.4 Å². The Labute approximate surface area is 166 Å². The summed E-state index contributed by atoms with van der Waals surface area (Å²) in [7, 11) is 1.73. The number of hydrogen-bond acceptors (Lipinski definition) is 6. The van der Waals surface area contributed by atoms with Gasteiger partial charge in [0.05, 0.1) is 0 Å². The molecule has 28 heavy (non-hydrogen) atoms. The number of methoxy groups -OCH3 is 1. The molecule has 0 bridgehead atoms. The van der Waals surface area contributed by atoms with Gasteiger partial charge in [0.1, 0.15) is 6.42 Å². The first kappa shape index (κ1) is 20.5. The highest BCUT2D eigenvalue weighted by Crippen LogP contribution is 2.21. The van der Waals surface area contributed by atoms with E-state index in [1.54, 1.807) is 7.11 Å². The molecule has 0 aliphatic carbocycles. The molecule has 0 saturated carbocycles. The van der Waals surface area contributed by atoms with Gasteiger partial charge in [0.25, 0.3) is 0 Å². The average Bonchev–Trinajstić information content (AvgIpc) is 3.12. The molecule has 0 radical (unpaired) electrons. The summed E-state index contributed by atoms with van der Waals surface area (Å²) in [5.41, 5.74) is 2.00. The average molecular weight is 386 g/mol. The molecular weight excluding hydrogens is 356 g/mol. The third-order valence-corrected chi connectivity index (χ3v) is 5.38. The number of carbonyl (C=O) groups excluding carboxylic acids is 1. The lowest BCUT2D eigenvalue weighted by molar-refractivity contribution is -0.135. The van der Waals surface area contributed by atoms with Crippen molar-refractivity contribution in [3.63, 3.8) is 0 Å². The van der Waals surface area contributed by atoms with Crippen molar-refractivity contribution in [2.45, 2.75) is 45.7 Å². The van der Waals surface area contributed by atoms with Gasteiger partial charge in [0.15, 0.2) is 0 Å². The van der Waals surface area contributed by atoms with Crippen molar-refractivity contribution in [2.24, 2.45) is 0 Å². The Kier molecular flexibility index (Phi) is 6.80. The Bertz CT molecular complexity index is 779. The van der Waals surface area contributed by atoms with Crippen LogP contribution in [-0.2, 0) is 16.0 Å². The number of piperazine rings is 1. The maximum atomic E-state index is 12.8. The third kappa shape index (κ3) is 4.77. The minimum Gasteiger partial charge on any atom is -0.385 e. The highest BCUT2D eigenvalue weighted by Gasteiger charge is 2.32. The fraction of sp³-hybridized carbons (Fsp3) is 0.571. The zero-order chi connectivity index (χ0) is 20.1. The number of amides is 1. The summed E-state index contributed by atoms with van der Waals surface area (Å²) in [5, 5.41) is 4.05. The SMILES string of the molecule is COCCCN1C(C)CN(C(=O)Cc2nc(-c3ccccc3C)no2)CC1C. The Balaban J connectivity index is 1.59. The molecule has 3 rings (SSSR count). The summed E-state index contributed by atoms with van der Waals surface area (Å²) >= 11 is 0. The van der Waals surface area contributed by atoms with Crippen LogP contribution >= 0.6 is 0 Å². The maximum absolute atomic E-state index is 12.8. The molecular formula is C21H30N4O3. The highest BCUT2D eigenvalue weighted by molar-refractivity contribution is 5.78. The Morgan fingerprint density at radius 1 is 1.25 bits per heavy atom. The van der Waals surface area contributed by atoms with Gasteiger partial charge in [-0.05, 0) is 32.8 Å². The van der Waals surface area contributed by atoms with Crippen molar-refractivity contribution in [3.8, 4) is 11.4 Å². The molecule has 2 aromatic rings. The van der Waals surface area contributed by atoms with Gasteiger partial charge in [-0.1, -0.05) is 29.4 Å². The summed E-state index contributed by atoms with van der Waals surface area (Å²) in [6.45, 7) is 9.54. The fourth-order valence-corrected chi connectivity index (χ4v) is 3.89. The topological polar surface area (TPSA) is 71.7 Å². The van der Waals surface area contributed by atoms with Crippen LogP contribution in [0.4, 0.5) is 0 Å². The summed E-state index contributed by atoms with van der Waals surface area (Å²) in [6.07, 6.45) is 1.14. The van der Waals surface area contributed by atoms with E-state index < -0.39 is 0 Å². The lowest BCUT2D eigenvalue weighted by Crippen LogP contribution is -2.58. The van der Waals surface area contributed by atoms with Crippen molar-refractivity contribution in [1.29, 1.82) is 0 Å². The van der Waals surface area contributed by atoms with Crippen LogP contribution < -0.4 is 0 Å². The first-order valence-electron chi connectivity index (χ1n) is 9.90. The van der Waals surface area contributed by atoms with Crippen molar-refractivity contribution in [1.82, 2.24) is 19.9 Å². The van der Waals surface area contributed by atoms with Crippen LogP contribution in [0.1, 0.15) is 31.7 Å². The smallest absolute Gasteiger partial charge is 0.236 e. The molecule has 1 aromatic heterocycles. The van der Waals surface area contributed by atoms with Gasteiger partial charge < -0.3 is 14.2 Å². The lowest BCUT2D eigenvalue weighted by atomic mass is 10.1. The standard InChI is InChI=1S/C21H30N4O3/c1-15-8-5-6-9-18(15)21-22-19(28-23-21)12-20(26)24-13-16(2)25(17(3)14-24)10-7-11-27-4/h5-6,8-9,16-17H,7,10-14H2,1-4H3. The molecule has 1 saturated heterocycles. The van der Waals surface area contributed by atoms with E-state index in [1.807, 2.05) is 36.1 Å². The molecule has 2 unspecified atom stereocenters. The van der Waals surface area contributed by atoms with E-state index in [4.69, 9.17) is 9.26 Å².